The molecule has 1 nitrogen and oxygen atoms in total. The van der Waals surface area contributed by atoms with E-state index in [1.165, 1.54) is 25.7 Å². The number of nitrogens with zero attached hydrogens (tertiary/aromatic N) is 1. The van der Waals surface area contributed by atoms with Crippen molar-refractivity contribution >= 4 is 6.21 Å². The van der Waals surface area contributed by atoms with Crippen molar-refractivity contribution in [2.24, 2.45) is 4.99 Å². The Morgan fingerprint density at radius 1 is 1.22 bits per heavy atom. The van der Waals surface area contributed by atoms with E-state index in [-0.39, 0.29) is 0 Å². The minimum absolute atomic E-state index is 1.02. The van der Waals surface area contributed by atoms with Crippen molar-refractivity contribution in [1.29, 1.82) is 0 Å². The first-order valence-corrected chi connectivity index (χ1v) is 3.86. The normalized spacial score (nSPS) is 10.9. The molecule has 0 aromatic rings. The molecule has 0 rings (SSSR count). The molecule has 0 amide bonds. The molecule has 0 bridgehead atoms. The van der Waals surface area contributed by atoms with Crippen LogP contribution in [-0.4, -0.2) is 12.8 Å². The number of hydrogen-bond acceptors (Lipinski definition) is 1. The molecule has 0 aromatic carbocycles. The molecule has 0 aliphatic heterocycles. The third-order valence-corrected chi connectivity index (χ3v) is 1.32. The van der Waals surface area contributed by atoms with Gasteiger partial charge in [0.2, 0.25) is 0 Å². The predicted molar refractivity (Wildman–Crippen MR) is 43.2 cm³/mol. The summed E-state index contributed by atoms with van der Waals surface area (Å²) in [5.41, 5.74) is 0. The molecule has 0 saturated carbocycles. The largest absolute Gasteiger partial charge is 0.298 e. The Morgan fingerprint density at radius 3 is 2.56 bits per heavy atom. The Hall–Kier alpha value is -0.330. The van der Waals surface area contributed by atoms with Crippen molar-refractivity contribution in [3.05, 3.63) is 0 Å². The van der Waals surface area contributed by atoms with Crippen LogP contribution in [0.1, 0.15) is 39.5 Å². The molecule has 54 valence electrons. The quantitative estimate of drug-likeness (QED) is 0.397. The average molecular weight is 127 g/mol. The van der Waals surface area contributed by atoms with Crippen LogP contribution < -0.4 is 0 Å². The summed E-state index contributed by atoms with van der Waals surface area (Å²) >= 11 is 0. The van der Waals surface area contributed by atoms with E-state index in [9.17, 15) is 0 Å². The van der Waals surface area contributed by atoms with Gasteiger partial charge in [-0.25, -0.2) is 0 Å². The maximum Gasteiger partial charge on any atom is 0.0385 e. The summed E-state index contributed by atoms with van der Waals surface area (Å²) in [5.74, 6) is 0. The summed E-state index contributed by atoms with van der Waals surface area (Å²) in [6.45, 7) is 5.22. The minimum atomic E-state index is 1.02. The molecule has 9 heavy (non-hydrogen) atoms. The summed E-state index contributed by atoms with van der Waals surface area (Å²) in [6.07, 6.45) is 7.16. The van der Waals surface area contributed by atoms with Gasteiger partial charge >= 0.3 is 0 Å². The lowest BCUT2D eigenvalue weighted by molar-refractivity contribution is 0.676. The fraction of sp³-hybridized carbons (Fsp3) is 0.875. The predicted octanol–water partition coefficient (Wildman–Crippen LogP) is 2.66. The molecule has 0 spiro atoms. The fourth-order valence-electron chi connectivity index (χ4n) is 0.759. The molecule has 0 aliphatic rings. The monoisotopic (exact) mass is 127 g/mol. The Morgan fingerprint density at radius 2 is 2.00 bits per heavy atom. The van der Waals surface area contributed by atoms with E-state index in [1.54, 1.807) is 0 Å². The van der Waals surface area contributed by atoms with Gasteiger partial charge in [-0.3, -0.25) is 4.99 Å². The summed E-state index contributed by atoms with van der Waals surface area (Å²) < 4.78 is 0. The second kappa shape index (κ2) is 7.67. The molecule has 0 radical (unpaired) electrons. The second-order valence-electron chi connectivity index (χ2n) is 2.23. The van der Waals surface area contributed by atoms with E-state index in [4.69, 9.17) is 0 Å². The lowest BCUT2D eigenvalue weighted by atomic mass is 10.2. The smallest absolute Gasteiger partial charge is 0.0385 e. The fourth-order valence-corrected chi connectivity index (χ4v) is 0.759. The Labute approximate surface area is 58.2 Å². The third kappa shape index (κ3) is 7.67. The Kier molecular flexibility index (Phi) is 7.39. The molecular weight excluding hydrogens is 110 g/mol. The molecule has 1 heteroatoms. The second-order valence-corrected chi connectivity index (χ2v) is 2.23. The highest BCUT2D eigenvalue weighted by molar-refractivity contribution is 5.53. The van der Waals surface area contributed by atoms with Crippen LogP contribution in [0.5, 0.6) is 0 Å². The first kappa shape index (κ1) is 8.67. The lowest BCUT2D eigenvalue weighted by Gasteiger charge is -1.92. The topological polar surface area (TPSA) is 12.4 Å². The van der Waals surface area contributed by atoms with Crippen molar-refractivity contribution in [2.75, 3.05) is 6.54 Å². The Bertz CT molecular complexity index is 67.0. The van der Waals surface area contributed by atoms with Gasteiger partial charge in [0.05, 0.1) is 0 Å². The number of unbranched alkanes of at least 4 members (excludes halogenated alkanes) is 3. The van der Waals surface area contributed by atoms with Gasteiger partial charge < -0.3 is 0 Å². The first-order valence-electron chi connectivity index (χ1n) is 3.86. The highest BCUT2D eigenvalue weighted by atomic mass is 14.7. The number of hydrogen-bond donors (Lipinski definition) is 0. The molecule has 0 saturated heterocycles. The van der Waals surface area contributed by atoms with E-state index in [2.05, 4.69) is 11.9 Å². The molecule has 0 atom stereocenters. The van der Waals surface area contributed by atoms with Crippen LogP contribution in [0.25, 0.3) is 0 Å². The first-order chi connectivity index (χ1) is 4.41. The molecule has 0 aromatic heterocycles. The van der Waals surface area contributed by atoms with Crippen LogP contribution in [0.3, 0.4) is 0 Å². The van der Waals surface area contributed by atoms with Crippen LogP contribution in [0.15, 0.2) is 4.99 Å². The van der Waals surface area contributed by atoms with Crippen molar-refractivity contribution in [2.45, 2.75) is 39.5 Å². The van der Waals surface area contributed by atoms with Crippen molar-refractivity contribution in [3.8, 4) is 0 Å². The van der Waals surface area contributed by atoms with Crippen molar-refractivity contribution < 1.29 is 0 Å². The zero-order valence-corrected chi connectivity index (χ0v) is 6.56. The minimum Gasteiger partial charge on any atom is -0.298 e. The SMILES string of the molecule is C/C=N/CCCCCC. The highest BCUT2D eigenvalue weighted by Gasteiger charge is 1.82. The third-order valence-electron chi connectivity index (χ3n) is 1.32. The van der Waals surface area contributed by atoms with Gasteiger partial charge in [0.1, 0.15) is 0 Å². The van der Waals surface area contributed by atoms with Gasteiger partial charge in [-0.05, 0) is 19.6 Å². The molecule has 0 aliphatic carbocycles. The van der Waals surface area contributed by atoms with Gasteiger partial charge in [0.25, 0.3) is 0 Å². The van der Waals surface area contributed by atoms with E-state index in [1.807, 2.05) is 13.1 Å². The molecular formula is C8H17N. The summed E-state index contributed by atoms with van der Waals surface area (Å²) in [5, 5.41) is 0. The summed E-state index contributed by atoms with van der Waals surface area (Å²) in [6, 6.07) is 0. The van der Waals surface area contributed by atoms with Crippen LogP contribution in [0.2, 0.25) is 0 Å². The average Bonchev–Trinajstić information content (AvgIpc) is 1.89. The van der Waals surface area contributed by atoms with Crippen molar-refractivity contribution in [1.82, 2.24) is 0 Å². The van der Waals surface area contributed by atoms with Crippen LogP contribution >= 0.6 is 0 Å². The summed E-state index contributed by atoms with van der Waals surface area (Å²) in [4.78, 5) is 4.12. The number of rotatable bonds is 5. The van der Waals surface area contributed by atoms with E-state index < -0.39 is 0 Å². The maximum absolute atomic E-state index is 4.12. The van der Waals surface area contributed by atoms with Crippen LogP contribution in [0.4, 0.5) is 0 Å². The number of aliphatic imine (C=N–C) groups is 1. The zero-order valence-electron chi connectivity index (χ0n) is 6.56. The molecule has 0 unspecified atom stereocenters. The van der Waals surface area contributed by atoms with E-state index in [0.717, 1.165) is 6.54 Å². The van der Waals surface area contributed by atoms with E-state index in [0.29, 0.717) is 0 Å². The van der Waals surface area contributed by atoms with Crippen LogP contribution in [0, 0.1) is 0 Å². The van der Waals surface area contributed by atoms with Gasteiger partial charge in [-0.1, -0.05) is 26.2 Å². The lowest BCUT2D eigenvalue weighted by Crippen LogP contribution is -1.80. The highest BCUT2D eigenvalue weighted by Crippen LogP contribution is 1.97. The Balaban J connectivity index is 2.75. The molecule has 0 fully saturated rings. The van der Waals surface area contributed by atoms with Gasteiger partial charge in [0.15, 0.2) is 0 Å². The van der Waals surface area contributed by atoms with E-state index >= 15 is 0 Å². The molecule has 0 heterocycles. The van der Waals surface area contributed by atoms with Gasteiger partial charge in [-0.2, -0.15) is 0 Å². The van der Waals surface area contributed by atoms with Gasteiger partial charge in [0, 0.05) is 6.54 Å². The summed E-state index contributed by atoms with van der Waals surface area (Å²) in [7, 11) is 0. The van der Waals surface area contributed by atoms with Gasteiger partial charge in [-0.15, -0.1) is 0 Å². The zero-order chi connectivity index (χ0) is 6.95. The van der Waals surface area contributed by atoms with Crippen molar-refractivity contribution in [3.63, 3.8) is 0 Å². The van der Waals surface area contributed by atoms with Crippen LogP contribution in [-0.2, 0) is 0 Å². The molecule has 0 N–H and O–H groups in total. The maximum atomic E-state index is 4.12. The standard InChI is InChI=1S/C8H17N/c1-3-5-6-7-8-9-4-2/h4H,3,5-8H2,1-2H3/b9-4+.